The molecular formula is C19H25N3O3. The minimum absolute atomic E-state index is 0.258. The molecule has 25 heavy (non-hydrogen) atoms. The van der Waals surface area contributed by atoms with Gasteiger partial charge in [0.25, 0.3) is 5.91 Å². The molecule has 1 aliphatic rings. The summed E-state index contributed by atoms with van der Waals surface area (Å²) in [6.45, 7) is 9.77. The first kappa shape index (κ1) is 18.9. The van der Waals surface area contributed by atoms with Gasteiger partial charge in [0.1, 0.15) is 6.04 Å². The Morgan fingerprint density at radius 3 is 2.60 bits per heavy atom. The third-order valence-electron chi connectivity index (χ3n) is 4.12. The van der Waals surface area contributed by atoms with Crippen LogP contribution in [0.15, 0.2) is 48.2 Å². The van der Waals surface area contributed by atoms with Crippen LogP contribution < -0.4 is 10.6 Å². The van der Waals surface area contributed by atoms with Gasteiger partial charge in [-0.3, -0.25) is 14.5 Å². The SMILES string of the molecule is C=C=C(C)C(NC(=O)c1ccccc1)C(=O)NCCN1CCOCC1. The molecule has 0 spiro atoms. The van der Waals surface area contributed by atoms with Gasteiger partial charge in [0.05, 0.1) is 13.2 Å². The molecule has 1 atom stereocenters. The molecule has 0 aromatic heterocycles. The average Bonchev–Trinajstić information content (AvgIpc) is 2.66. The summed E-state index contributed by atoms with van der Waals surface area (Å²) in [4.78, 5) is 27.1. The first-order valence-electron chi connectivity index (χ1n) is 8.42. The standard InChI is InChI=1S/C19H25N3O3/c1-3-15(2)17(21-18(23)16-7-5-4-6-8-16)19(24)20-9-10-22-11-13-25-14-12-22/h4-8,17H,1,9-14H2,2H3,(H,20,24)(H,21,23). The van der Waals surface area contributed by atoms with Gasteiger partial charge in [-0.2, -0.15) is 0 Å². The quantitative estimate of drug-likeness (QED) is 0.724. The van der Waals surface area contributed by atoms with Crippen LogP contribution in [0.25, 0.3) is 0 Å². The lowest BCUT2D eigenvalue weighted by molar-refractivity contribution is -0.122. The molecule has 6 heteroatoms. The zero-order chi connectivity index (χ0) is 18.1. The Kier molecular flexibility index (Phi) is 7.41. The van der Waals surface area contributed by atoms with Crippen molar-refractivity contribution in [2.75, 3.05) is 39.4 Å². The topological polar surface area (TPSA) is 70.7 Å². The van der Waals surface area contributed by atoms with Crippen LogP contribution >= 0.6 is 0 Å². The van der Waals surface area contributed by atoms with E-state index >= 15 is 0 Å². The van der Waals surface area contributed by atoms with Crippen molar-refractivity contribution in [3.05, 3.63) is 53.8 Å². The fourth-order valence-electron chi connectivity index (χ4n) is 2.54. The van der Waals surface area contributed by atoms with Crippen LogP contribution in [-0.2, 0) is 9.53 Å². The molecule has 1 aromatic carbocycles. The third kappa shape index (κ3) is 5.87. The zero-order valence-corrected chi connectivity index (χ0v) is 14.6. The highest BCUT2D eigenvalue weighted by atomic mass is 16.5. The van der Waals surface area contributed by atoms with E-state index < -0.39 is 6.04 Å². The summed E-state index contributed by atoms with van der Waals surface area (Å²) in [5.41, 5.74) is 3.79. The fraction of sp³-hybridized carbons (Fsp3) is 0.421. The highest BCUT2D eigenvalue weighted by Crippen LogP contribution is 2.04. The normalized spacial score (nSPS) is 15.7. The molecular weight excluding hydrogens is 318 g/mol. The van der Waals surface area contributed by atoms with Crippen molar-refractivity contribution in [1.29, 1.82) is 0 Å². The van der Waals surface area contributed by atoms with Crippen molar-refractivity contribution >= 4 is 11.8 Å². The number of benzene rings is 1. The average molecular weight is 343 g/mol. The molecule has 0 bridgehead atoms. The van der Waals surface area contributed by atoms with Gasteiger partial charge in [-0.05, 0) is 24.6 Å². The maximum atomic E-state index is 12.5. The first-order valence-corrected chi connectivity index (χ1v) is 8.42. The molecule has 1 heterocycles. The summed E-state index contributed by atoms with van der Waals surface area (Å²) in [6, 6.07) is 8.02. The number of nitrogens with one attached hydrogen (secondary N) is 2. The van der Waals surface area contributed by atoms with Crippen LogP contribution in [0, 0.1) is 0 Å². The minimum atomic E-state index is -0.783. The third-order valence-corrected chi connectivity index (χ3v) is 4.12. The second-order valence-corrected chi connectivity index (χ2v) is 5.88. The summed E-state index contributed by atoms with van der Waals surface area (Å²) >= 11 is 0. The monoisotopic (exact) mass is 343 g/mol. The van der Waals surface area contributed by atoms with Gasteiger partial charge in [-0.1, -0.05) is 24.8 Å². The fourth-order valence-corrected chi connectivity index (χ4v) is 2.54. The van der Waals surface area contributed by atoms with Crippen molar-refractivity contribution in [2.24, 2.45) is 0 Å². The number of nitrogens with zero attached hydrogens (tertiary/aromatic N) is 1. The highest BCUT2D eigenvalue weighted by Gasteiger charge is 2.23. The van der Waals surface area contributed by atoms with E-state index in [1.807, 2.05) is 6.07 Å². The van der Waals surface area contributed by atoms with Crippen LogP contribution in [0.1, 0.15) is 17.3 Å². The predicted octanol–water partition coefficient (Wildman–Crippen LogP) is 0.965. The highest BCUT2D eigenvalue weighted by molar-refractivity contribution is 5.98. The lowest BCUT2D eigenvalue weighted by Crippen LogP contribution is -2.49. The molecule has 0 saturated carbocycles. The number of hydrogen-bond acceptors (Lipinski definition) is 4. The van der Waals surface area contributed by atoms with Gasteiger partial charge in [0.15, 0.2) is 0 Å². The van der Waals surface area contributed by atoms with Crippen molar-refractivity contribution in [2.45, 2.75) is 13.0 Å². The van der Waals surface area contributed by atoms with Gasteiger partial charge in [0, 0.05) is 31.7 Å². The summed E-state index contributed by atoms with van der Waals surface area (Å²) in [5, 5.41) is 5.63. The van der Waals surface area contributed by atoms with Crippen LogP contribution in [0.3, 0.4) is 0 Å². The number of hydrogen-bond donors (Lipinski definition) is 2. The molecule has 2 rings (SSSR count). The van der Waals surface area contributed by atoms with Crippen molar-refractivity contribution in [1.82, 2.24) is 15.5 Å². The van der Waals surface area contributed by atoms with Crippen molar-refractivity contribution < 1.29 is 14.3 Å². The summed E-state index contributed by atoms with van der Waals surface area (Å²) in [7, 11) is 0. The Balaban J connectivity index is 1.90. The molecule has 0 aliphatic carbocycles. The summed E-state index contributed by atoms with van der Waals surface area (Å²) in [6.07, 6.45) is 0. The van der Waals surface area contributed by atoms with E-state index in [1.54, 1.807) is 31.2 Å². The maximum Gasteiger partial charge on any atom is 0.252 e. The first-order chi connectivity index (χ1) is 12.1. The lowest BCUT2D eigenvalue weighted by atomic mass is 10.1. The van der Waals surface area contributed by atoms with Gasteiger partial charge < -0.3 is 15.4 Å². The number of ether oxygens (including phenoxy) is 1. The van der Waals surface area contributed by atoms with Gasteiger partial charge in [0.2, 0.25) is 5.91 Å². The minimum Gasteiger partial charge on any atom is -0.379 e. The molecule has 1 aromatic rings. The molecule has 0 radical (unpaired) electrons. The van der Waals surface area contributed by atoms with Gasteiger partial charge in [-0.15, -0.1) is 5.73 Å². The van der Waals surface area contributed by atoms with Crippen molar-refractivity contribution in [3.8, 4) is 0 Å². The van der Waals surface area contributed by atoms with E-state index in [4.69, 9.17) is 4.74 Å². The van der Waals surface area contributed by atoms with E-state index in [-0.39, 0.29) is 11.8 Å². The summed E-state index contributed by atoms with van der Waals surface area (Å²) < 4.78 is 5.30. The Bertz CT molecular complexity index is 633. The molecule has 134 valence electrons. The molecule has 2 amide bonds. The molecule has 1 fully saturated rings. The smallest absolute Gasteiger partial charge is 0.252 e. The second-order valence-electron chi connectivity index (χ2n) is 5.88. The molecule has 1 aliphatic heterocycles. The molecule has 1 unspecified atom stereocenters. The Labute approximate surface area is 148 Å². The number of amides is 2. The molecule has 2 N–H and O–H groups in total. The van der Waals surface area contributed by atoms with Crippen LogP contribution in [0.5, 0.6) is 0 Å². The van der Waals surface area contributed by atoms with E-state index in [0.29, 0.717) is 17.7 Å². The largest absolute Gasteiger partial charge is 0.379 e. The number of rotatable bonds is 7. The Morgan fingerprint density at radius 1 is 1.28 bits per heavy atom. The Morgan fingerprint density at radius 2 is 1.96 bits per heavy atom. The molecule has 1 saturated heterocycles. The van der Waals surface area contributed by atoms with Gasteiger partial charge in [-0.25, -0.2) is 0 Å². The number of carbonyl (C=O) groups is 2. The van der Waals surface area contributed by atoms with Crippen molar-refractivity contribution in [3.63, 3.8) is 0 Å². The van der Waals surface area contributed by atoms with Gasteiger partial charge >= 0.3 is 0 Å². The zero-order valence-electron chi connectivity index (χ0n) is 14.6. The van der Waals surface area contributed by atoms with Crippen LogP contribution in [0.4, 0.5) is 0 Å². The number of carbonyl (C=O) groups excluding carboxylic acids is 2. The van der Waals surface area contributed by atoms with E-state index in [2.05, 4.69) is 27.8 Å². The van der Waals surface area contributed by atoms with E-state index in [9.17, 15) is 9.59 Å². The van der Waals surface area contributed by atoms with Crippen LogP contribution in [-0.4, -0.2) is 62.1 Å². The predicted molar refractivity (Wildman–Crippen MR) is 96.3 cm³/mol. The number of morpholine rings is 1. The Hall–Kier alpha value is -2.40. The van der Waals surface area contributed by atoms with E-state index in [0.717, 1.165) is 32.8 Å². The second kappa shape index (κ2) is 9.79. The summed E-state index contributed by atoms with van der Waals surface area (Å²) in [5.74, 6) is -0.560. The van der Waals surface area contributed by atoms with E-state index in [1.165, 1.54) is 0 Å². The van der Waals surface area contributed by atoms with Crippen LogP contribution in [0.2, 0.25) is 0 Å². The molecule has 6 nitrogen and oxygen atoms in total. The maximum absolute atomic E-state index is 12.5. The lowest BCUT2D eigenvalue weighted by Gasteiger charge is -2.27.